The van der Waals surface area contributed by atoms with Gasteiger partial charge in [-0.3, -0.25) is 9.59 Å². The van der Waals surface area contributed by atoms with Gasteiger partial charge in [-0.2, -0.15) is 0 Å². The summed E-state index contributed by atoms with van der Waals surface area (Å²) < 4.78 is 13.4. The van der Waals surface area contributed by atoms with E-state index in [1.165, 1.54) is 10.6 Å². The molecule has 1 aromatic heterocycles. The van der Waals surface area contributed by atoms with Crippen LogP contribution in [0.1, 0.15) is 28.9 Å². The number of pyridine rings is 1. The van der Waals surface area contributed by atoms with Crippen molar-refractivity contribution < 1.29 is 14.3 Å². The molecule has 1 aliphatic heterocycles. The van der Waals surface area contributed by atoms with Crippen molar-refractivity contribution in [2.45, 2.75) is 13.0 Å². The van der Waals surface area contributed by atoms with Crippen molar-refractivity contribution in [3.63, 3.8) is 0 Å². The van der Waals surface area contributed by atoms with Crippen molar-refractivity contribution in [3.8, 4) is 11.5 Å². The fraction of sp³-hybridized carbons (Fsp3) is 0.294. The zero-order chi connectivity index (χ0) is 17.3. The Labute approximate surface area is 147 Å². The second-order valence-corrected chi connectivity index (χ2v) is 6.43. The van der Waals surface area contributed by atoms with Crippen LogP contribution in [0.5, 0.6) is 11.5 Å². The predicted molar refractivity (Wildman–Crippen MR) is 92.7 cm³/mol. The lowest BCUT2D eigenvalue weighted by molar-refractivity contribution is 0.0939. The minimum absolute atomic E-state index is 0.226. The first-order chi connectivity index (χ1) is 11.5. The number of nitrogens with one attached hydrogen (secondary N) is 1. The van der Waals surface area contributed by atoms with Gasteiger partial charge in [0.1, 0.15) is 13.2 Å². The fourth-order valence-corrected chi connectivity index (χ4v) is 3.12. The van der Waals surface area contributed by atoms with Crippen LogP contribution in [0.15, 0.2) is 39.7 Å². The van der Waals surface area contributed by atoms with E-state index in [4.69, 9.17) is 9.47 Å². The predicted octanol–water partition coefficient (Wildman–Crippen LogP) is 2.41. The Kier molecular flexibility index (Phi) is 4.62. The zero-order valence-corrected chi connectivity index (χ0v) is 14.9. The molecule has 1 unspecified atom stereocenters. The Bertz CT molecular complexity index is 847. The van der Waals surface area contributed by atoms with Crippen LogP contribution < -0.4 is 20.3 Å². The first-order valence-corrected chi connectivity index (χ1v) is 8.31. The number of fused-ring (bicyclic) bond motifs is 1. The molecule has 0 bridgehead atoms. The van der Waals surface area contributed by atoms with Gasteiger partial charge in [0.25, 0.3) is 11.5 Å². The van der Waals surface area contributed by atoms with Gasteiger partial charge < -0.3 is 19.4 Å². The van der Waals surface area contributed by atoms with Gasteiger partial charge in [0.05, 0.1) is 6.04 Å². The van der Waals surface area contributed by atoms with Crippen LogP contribution in [-0.2, 0) is 7.05 Å². The maximum atomic E-state index is 12.4. The molecule has 1 amide bonds. The topological polar surface area (TPSA) is 69.6 Å². The van der Waals surface area contributed by atoms with Crippen molar-refractivity contribution in [3.05, 3.63) is 56.4 Å². The largest absolute Gasteiger partial charge is 0.486 e. The molecule has 1 atom stereocenters. The Morgan fingerprint density at radius 2 is 1.92 bits per heavy atom. The molecule has 0 radical (unpaired) electrons. The van der Waals surface area contributed by atoms with Crippen LogP contribution in [0.3, 0.4) is 0 Å². The Hall–Kier alpha value is -2.28. The van der Waals surface area contributed by atoms with Crippen molar-refractivity contribution in [2.75, 3.05) is 13.2 Å². The molecule has 24 heavy (non-hydrogen) atoms. The maximum Gasteiger partial charge on any atom is 0.252 e. The van der Waals surface area contributed by atoms with E-state index in [0.29, 0.717) is 30.3 Å². The van der Waals surface area contributed by atoms with E-state index >= 15 is 0 Å². The van der Waals surface area contributed by atoms with Gasteiger partial charge in [-0.05, 0) is 30.7 Å². The number of hydrogen-bond acceptors (Lipinski definition) is 4. The number of rotatable bonds is 3. The minimum Gasteiger partial charge on any atom is -0.486 e. The summed E-state index contributed by atoms with van der Waals surface area (Å²) >= 11 is 3.50. The van der Waals surface area contributed by atoms with Crippen LogP contribution in [0.4, 0.5) is 0 Å². The molecule has 6 nitrogen and oxygen atoms in total. The molecule has 2 heterocycles. The summed E-state index contributed by atoms with van der Waals surface area (Å²) in [6.07, 6.45) is 1.57. The SMILES string of the molecule is CC(NC(=O)c1ccn(C)c(=O)c1)c1cc2c(cc1Br)OCCO2. The standard InChI is InChI=1S/C17H17BrN2O4/c1-10(19-17(22)11-3-4-20(2)16(21)7-11)12-8-14-15(9-13(12)18)24-6-5-23-14/h3-4,7-10H,5-6H2,1-2H3,(H,19,22). The first kappa shape index (κ1) is 16.6. The summed E-state index contributed by atoms with van der Waals surface area (Å²) in [6.45, 7) is 2.89. The molecule has 0 saturated heterocycles. The van der Waals surface area contributed by atoms with Gasteiger partial charge in [0, 0.05) is 29.3 Å². The molecule has 2 aromatic rings. The minimum atomic E-state index is -0.304. The number of carbonyl (C=O) groups excluding carboxylic acids is 1. The molecule has 3 rings (SSSR count). The average Bonchev–Trinajstić information content (AvgIpc) is 2.56. The van der Waals surface area contributed by atoms with Crippen LogP contribution in [0.2, 0.25) is 0 Å². The highest BCUT2D eigenvalue weighted by Gasteiger charge is 2.19. The molecule has 1 N–H and O–H groups in total. The van der Waals surface area contributed by atoms with Crippen LogP contribution >= 0.6 is 15.9 Å². The molecule has 0 aliphatic carbocycles. The fourth-order valence-electron chi connectivity index (χ4n) is 2.46. The van der Waals surface area contributed by atoms with Crippen molar-refractivity contribution >= 4 is 21.8 Å². The van der Waals surface area contributed by atoms with E-state index in [0.717, 1.165) is 10.0 Å². The third kappa shape index (κ3) is 3.31. The number of aryl methyl sites for hydroxylation is 1. The van der Waals surface area contributed by atoms with Crippen molar-refractivity contribution in [2.24, 2.45) is 7.05 Å². The first-order valence-electron chi connectivity index (χ1n) is 7.52. The third-order valence-corrected chi connectivity index (χ3v) is 4.53. The van der Waals surface area contributed by atoms with E-state index in [9.17, 15) is 9.59 Å². The summed E-state index contributed by atoms with van der Waals surface area (Å²) in [6, 6.07) is 6.35. The monoisotopic (exact) mass is 392 g/mol. The molecule has 0 saturated carbocycles. The van der Waals surface area contributed by atoms with Gasteiger partial charge in [-0.25, -0.2) is 0 Å². The lowest BCUT2D eigenvalue weighted by Crippen LogP contribution is -2.29. The molecule has 1 aliphatic rings. The number of nitrogens with zero attached hydrogens (tertiary/aromatic N) is 1. The highest BCUT2D eigenvalue weighted by molar-refractivity contribution is 9.10. The molecular weight excluding hydrogens is 376 g/mol. The van der Waals surface area contributed by atoms with E-state index < -0.39 is 0 Å². The number of hydrogen-bond donors (Lipinski definition) is 1. The second-order valence-electron chi connectivity index (χ2n) is 5.58. The molecule has 0 spiro atoms. The van der Waals surface area contributed by atoms with Gasteiger partial charge in [0.2, 0.25) is 0 Å². The molecular formula is C17H17BrN2O4. The highest BCUT2D eigenvalue weighted by atomic mass is 79.9. The normalized spacial score (nSPS) is 14.1. The van der Waals surface area contributed by atoms with Gasteiger partial charge in [0.15, 0.2) is 11.5 Å². The van der Waals surface area contributed by atoms with Crippen LogP contribution in [0, 0.1) is 0 Å². The van der Waals surface area contributed by atoms with Gasteiger partial charge >= 0.3 is 0 Å². The van der Waals surface area contributed by atoms with Crippen molar-refractivity contribution in [1.82, 2.24) is 9.88 Å². The smallest absolute Gasteiger partial charge is 0.252 e. The molecule has 7 heteroatoms. The van der Waals surface area contributed by atoms with E-state index in [2.05, 4.69) is 21.2 Å². The number of benzene rings is 1. The van der Waals surface area contributed by atoms with Crippen LogP contribution in [0.25, 0.3) is 0 Å². The number of ether oxygens (including phenoxy) is 2. The quantitative estimate of drug-likeness (QED) is 0.870. The summed E-state index contributed by atoms with van der Waals surface area (Å²) in [5.41, 5.74) is 0.978. The average molecular weight is 393 g/mol. The summed E-state index contributed by atoms with van der Waals surface area (Å²) in [5.74, 6) is 1.04. The lowest BCUT2D eigenvalue weighted by atomic mass is 10.1. The Morgan fingerprint density at radius 3 is 2.58 bits per heavy atom. The number of carbonyl (C=O) groups is 1. The third-order valence-electron chi connectivity index (χ3n) is 3.84. The summed E-state index contributed by atoms with van der Waals surface area (Å²) in [5, 5.41) is 2.89. The zero-order valence-electron chi connectivity index (χ0n) is 13.3. The van der Waals surface area contributed by atoms with Crippen molar-refractivity contribution in [1.29, 1.82) is 0 Å². The molecule has 1 aromatic carbocycles. The molecule has 0 fully saturated rings. The number of amides is 1. The van der Waals surface area contributed by atoms with Crippen LogP contribution in [-0.4, -0.2) is 23.7 Å². The van der Waals surface area contributed by atoms with E-state index in [1.807, 2.05) is 19.1 Å². The van der Waals surface area contributed by atoms with E-state index in [-0.39, 0.29) is 17.5 Å². The van der Waals surface area contributed by atoms with Gasteiger partial charge in [-0.15, -0.1) is 0 Å². The Morgan fingerprint density at radius 1 is 1.25 bits per heavy atom. The Balaban J connectivity index is 1.81. The van der Waals surface area contributed by atoms with E-state index in [1.54, 1.807) is 19.3 Å². The maximum absolute atomic E-state index is 12.4. The number of halogens is 1. The second kappa shape index (κ2) is 6.68. The lowest BCUT2D eigenvalue weighted by Gasteiger charge is -2.22. The number of aromatic nitrogens is 1. The summed E-state index contributed by atoms with van der Waals surface area (Å²) in [7, 11) is 1.64. The van der Waals surface area contributed by atoms with Gasteiger partial charge in [-0.1, -0.05) is 15.9 Å². The molecule has 126 valence electrons. The summed E-state index contributed by atoms with van der Waals surface area (Å²) in [4.78, 5) is 24.0. The highest BCUT2D eigenvalue weighted by Crippen LogP contribution is 2.37.